The van der Waals surface area contributed by atoms with E-state index in [9.17, 15) is 18.0 Å². The van der Waals surface area contributed by atoms with Crippen molar-refractivity contribution in [2.75, 3.05) is 10.6 Å². The monoisotopic (exact) mass is 426 g/mol. The van der Waals surface area contributed by atoms with Gasteiger partial charge >= 0.3 is 6.18 Å². The van der Waals surface area contributed by atoms with Gasteiger partial charge in [-0.05, 0) is 42.8 Å². The van der Waals surface area contributed by atoms with E-state index in [0.29, 0.717) is 22.5 Å². The molecule has 0 spiro atoms. The third kappa shape index (κ3) is 4.18. The summed E-state index contributed by atoms with van der Waals surface area (Å²) in [5.74, 6) is -0.00627. The number of halogens is 3. The van der Waals surface area contributed by atoms with E-state index in [1.54, 1.807) is 36.1 Å². The molecule has 0 unspecified atom stereocenters. The van der Waals surface area contributed by atoms with Crippen LogP contribution in [0.3, 0.4) is 0 Å². The molecular formula is C21H17F3N6O. The molecular weight excluding hydrogens is 409 g/mol. The van der Waals surface area contributed by atoms with E-state index in [1.165, 1.54) is 18.5 Å². The lowest BCUT2D eigenvalue weighted by molar-refractivity contribution is -0.137. The molecule has 31 heavy (non-hydrogen) atoms. The van der Waals surface area contributed by atoms with Gasteiger partial charge in [-0.3, -0.25) is 9.48 Å². The maximum atomic E-state index is 12.9. The molecule has 2 N–H and O–H groups in total. The minimum atomic E-state index is -4.49. The molecule has 0 fully saturated rings. The molecule has 4 aromatic rings. The molecule has 10 heteroatoms. The van der Waals surface area contributed by atoms with Gasteiger partial charge in [0.1, 0.15) is 12.1 Å². The van der Waals surface area contributed by atoms with Crippen LogP contribution >= 0.6 is 0 Å². The fourth-order valence-corrected chi connectivity index (χ4v) is 3.06. The van der Waals surface area contributed by atoms with E-state index in [1.807, 2.05) is 6.92 Å². The summed E-state index contributed by atoms with van der Waals surface area (Å²) in [7, 11) is 1.77. The van der Waals surface area contributed by atoms with Crippen molar-refractivity contribution in [3.05, 3.63) is 71.7 Å². The second kappa shape index (κ2) is 7.71. The van der Waals surface area contributed by atoms with Crippen molar-refractivity contribution in [1.82, 2.24) is 19.7 Å². The lowest BCUT2D eigenvalue weighted by atomic mass is 10.1. The van der Waals surface area contributed by atoms with Crippen LogP contribution in [0.25, 0.3) is 11.0 Å². The van der Waals surface area contributed by atoms with Gasteiger partial charge in [-0.2, -0.15) is 18.3 Å². The molecule has 7 nitrogen and oxygen atoms in total. The lowest BCUT2D eigenvalue weighted by Gasteiger charge is -2.13. The summed E-state index contributed by atoms with van der Waals surface area (Å²) < 4.78 is 40.3. The number of benzene rings is 2. The van der Waals surface area contributed by atoms with Crippen LogP contribution in [0.1, 0.15) is 21.5 Å². The quantitative estimate of drug-likeness (QED) is 0.495. The molecule has 2 aromatic heterocycles. The molecule has 0 saturated carbocycles. The lowest BCUT2D eigenvalue weighted by Crippen LogP contribution is -2.13. The number of anilines is 3. The third-order valence-corrected chi connectivity index (χ3v) is 4.73. The van der Waals surface area contributed by atoms with Gasteiger partial charge in [-0.15, -0.1) is 0 Å². The summed E-state index contributed by atoms with van der Waals surface area (Å²) >= 11 is 0. The first-order valence-corrected chi connectivity index (χ1v) is 9.21. The molecule has 0 aliphatic rings. The summed E-state index contributed by atoms with van der Waals surface area (Å²) in [6.07, 6.45) is -1.44. The summed E-state index contributed by atoms with van der Waals surface area (Å²) in [5, 5.41) is 10.6. The van der Waals surface area contributed by atoms with E-state index < -0.39 is 17.6 Å². The van der Waals surface area contributed by atoms with Crippen LogP contribution in [-0.2, 0) is 13.2 Å². The van der Waals surface area contributed by atoms with Gasteiger partial charge in [0.15, 0.2) is 5.65 Å². The van der Waals surface area contributed by atoms with Crippen molar-refractivity contribution in [2.24, 2.45) is 7.05 Å². The van der Waals surface area contributed by atoms with Crippen LogP contribution in [0, 0.1) is 6.92 Å². The number of fused-ring (bicyclic) bond motifs is 1. The van der Waals surface area contributed by atoms with E-state index in [2.05, 4.69) is 25.7 Å². The second-order valence-corrected chi connectivity index (χ2v) is 6.92. The maximum Gasteiger partial charge on any atom is 0.416 e. The van der Waals surface area contributed by atoms with E-state index in [4.69, 9.17) is 0 Å². The van der Waals surface area contributed by atoms with Crippen molar-refractivity contribution in [3.63, 3.8) is 0 Å². The number of hydrogen-bond acceptors (Lipinski definition) is 5. The van der Waals surface area contributed by atoms with E-state index >= 15 is 0 Å². The molecule has 158 valence electrons. The normalized spacial score (nSPS) is 11.5. The largest absolute Gasteiger partial charge is 0.416 e. The van der Waals surface area contributed by atoms with Gasteiger partial charge < -0.3 is 10.6 Å². The number of hydrogen-bond donors (Lipinski definition) is 2. The van der Waals surface area contributed by atoms with Crippen molar-refractivity contribution in [1.29, 1.82) is 0 Å². The van der Waals surface area contributed by atoms with E-state index in [0.717, 1.165) is 17.7 Å². The zero-order valence-corrected chi connectivity index (χ0v) is 16.5. The Bertz CT molecular complexity index is 1280. The van der Waals surface area contributed by atoms with Gasteiger partial charge in [0, 0.05) is 24.0 Å². The van der Waals surface area contributed by atoms with Crippen molar-refractivity contribution in [3.8, 4) is 0 Å². The molecule has 0 aliphatic carbocycles. The Labute approximate surface area is 174 Å². The third-order valence-electron chi connectivity index (χ3n) is 4.73. The number of aromatic nitrogens is 4. The van der Waals surface area contributed by atoms with Gasteiger partial charge in [-0.25, -0.2) is 9.97 Å². The first kappa shape index (κ1) is 20.3. The SMILES string of the molecule is Cc1ccc(C(=O)Nc2cccc(C(F)(F)F)c2)cc1Nc1ncnc2c1cnn2C. The first-order chi connectivity index (χ1) is 14.7. The number of nitrogens with one attached hydrogen (secondary N) is 2. The predicted octanol–water partition coefficient (Wildman–Crippen LogP) is 4.69. The zero-order valence-electron chi connectivity index (χ0n) is 16.5. The van der Waals surface area contributed by atoms with Gasteiger partial charge in [0.25, 0.3) is 5.91 Å². The van der Waals surface area contributed by atoms with Crippen molar-refractivity contribution < 1.29 is 18.0 Å². The van der Waals surface area contributed by atoms with Crippen LogP contribution in [0.5, 0.6) is 0 Å². The number of rotatable bonds is 4. The number of carbonyl (C=O) groups is 1. The van der Waals surface area contributed by atoms with Crippen LogP contribution in [0.2, 0.25) is 0 Å². The summed E-state index contributed by atoms with van der Waals surface area (Å²) in [6.45, 7) is 1.86. The Morgan fingerprint density at radius 2 is 1.90 bits per heavy atom. The summed E-state index contributed by atoms with van der Waals surface area (Å²) in [5.41, 5.74) is 1.63. The smallest absolute Gasteiger partial charge is 0.339 e. The molecule has 4 rings (SSSR count). The molecule has 2 heterocycles. The Kier molecular flexibility index (Phi) is 5.05. The topological polar surface area (TPSA) is 84.7 Å². The van der Waals surface area contributed by atoms with Gasteiger partial charge in [-0.1, -0.05) is 12.1 Å². The Morgan fingerprint density at radius 3 is 2.68 bits per heavy atom. The average Bonchev–Trinajstić information content (AvgIpc) is 3.11. The highest BCUT2D eigenvalue weighted by molar-refractivity contribution is 6.05. The molecule has 0 saturated heterocycles. The van der Waals surface area contributed by atoms with Crippen molar-refractivity contribution >= 4 is 34.1 Å². The summed E-state index contributed by atoms with van der Waals surface area (Å²) in [6, 6.07) is 9.45. The van der Waals surface area contributed by atoms with Crippen LogP contribution in [0.4, 0.5) is 30.4 Å². The molecule has 0 radical (unpaired) electrons. The highest BCUT2D eigenvalue weighted by atomic mass is 19.4. The van der Waals surface area contributed by atoms with Gasteiger partial charge in [0.05, 0.1) is 17.1 Å². The van der Waals surface area contributed by atoms with Crippen molar-refractivity contribution in [2.45, 2.75) is 13.1 Å². The minimum Gasteiger partial charge on any atom is -0.339 e. The number of alkyl halides is 3. The Balaban J connectivity index is 1.60. The molecule has 1 amide bonds. The fraction of sp³-hybridized carbons (Fsp3) is 0.143. The predicted molar refractivity (Wildman–Crippen MR) is 110 cm³/mol. The highest BCUT2D eigenvalue weighted by Crippen LogP contribution is 2.31. The Hall–Kier alpha value is -3.95. The average molecular weight is 426 g/mol. The molecule has 0 aliphatic heterocycles. The number of carbonyl (C=O) groups excluding carboxylic acids is 1. The molecule has 0 bridgehead atoms. The molecule has 2 aromatic carbocycles. The first-order valence-electron chi connectivity index (χ1n) is 9.21. The number of amides is 1. The number of aryl methyl sites for hydroxylation is 2. The van der Waals surface area contributed by atoms with E-state index in [-0.39, 0.29) is 11.3 Å². The van der Waals surface area contributed by atoms with Crippen LogP contribution < -0.4 is 10.6 Å². The van der Waals surface area contributed by atoms with Gasteiger partial charge in [0.2, 0.25) is 0 Å². The number of nitrogens with zero attached hydrogens (tertiary/aromatic N) is 4. The van der Waals surface area contributed by atoms with Crippen LogP contribution in [-0.4, -0.2) is 25.7 Å². The minimum absolute atomic E-state index is 0.0581. The highest BCUT2D eigenvalue weighted by Gasteiger charge is 2.30. The van der Waals surface area contributed by atoms with Crippen LogP contribution in [0.15, 0.2) is 55.0 Å². The standard InChI is InChI=1S/C21H17F3N6O/c1-12-6-7-13(20(31)28-15-5-3-4-14(9-15)21(22,23)24)8-17(12)29-18-16-10-27-30(2)19(16)26-11-25-18/h3-11H,1-2H3,(H,28,31)(H,25,26,29). The zero-order chi connectivity index (χ0) is 22.2. The summed E-state index contributed by atoms with van der Waals surface area (Å²) in [4.78, 5) is 21.1. The fourth-order valence-electron chi connectivity index (χ4n) is 3.06. The molecule has 0 atom stereocenters. The maximum absolute atomic E-state index is 12.9. The second-order valence-electron chi connectivity index (χ2n) is 6.92. The Morgan fingerprint density at radius 1 is 1.10 bits per heavy atom.